The third kappa shape index (κ3) is 5.83. The van der Waals surface area contributed by atoms with Crippen LogP contribution in [0, 0.1) is 0 Å². The molecule has 0 fully saturated rings. The molecule has 0 saturated heterocycles. The Bertz CT molecular complexity index is 626. The van der Waals surface area contributed by atoms with Crippen LogP contribution in [0.25, 0.3) is 0 Å². The Morgan fingerprint density at radius 2 is 1.70 bits per heavy atom. The van der Waals surface area contributed by atoms with E-state index < -0.39 is 0 Å². The molecular formula is C18H20ClNO3. The van der Waals surface area contributed by atoms with Crippen molar-refractivity contribution in [3.05, 3.63) is 59.1 Å². The van der Waals surface area contributed by atoms with Gasteiger partial charge in [0.2, 0.25) is 5.91 Å². The summed E-state index contributed by atoms with van der Waals surface area (Å²) in [5.41, 5.74) is 0.926. The van der Waals surface area contributed by atoms with Crippen molar-refractivity contribution in [2.75, 3.05) is 13.7 Å². The molecule has 23 heavy (non-hydrogen) atoms. The van der Waals surface area contributed by atoms with Crippen LogP contribution in [0.2, 0.25) is 5.02 Å². The standard InChI is InChI=1S/C18H20ClNO3/c1-13(12-23-17-9-7-16(22-2)8-10-17)20-18(21)11-14-3-5-15(19)6-4-14/h3-10,13H,11-12H2,1-2H3,(H,20,21). The molecule has 4 nitrogen and oxygen atoms in total. The van der Waals surface area contributed by atoms with E-state index in [9.17, 15) is 4.79 Å². The molecule has 0 aliphatic heterocycles. The van der Waals surface area contributed by atoms with Crippen molar-refractivity contribution in [3.8, 4) is 11.5 Å². The fraction of sp³-hybridized carbons (Fsp3) is 0.278. The van der Waals surface area contributed by atoms with Gasteiger partial charge in [0.05, 0.1) is 19.6 Å². The normalized spacial score (nSPS) is 11.6. The van der Waals surface area contributed by atoms with E-state index in [4.69, 9.17) is 21.1 Å². The zero-order valence-electron chi connectivity index (χ0n) is 13.2. The van der Waals surface area contributed by atoms with E-state index in [1.54, 1.807) is 19.2 Å². The van der Waals surface area contributed by atoms with Gasteiger partial charge in [-0.2, -0.15) is 0 Å². The SMILES string of the molecule is COc1ccc(OCC(C)NC(=O)Cc2ccc(Cl)cc2)cc1. The van der Waals surface area contributed by atoms with Crippen molar-refractivity contribution in [1.82, 2.24) is 5.32 Å². The molecule has 0 aliphatic carbocycles. The minimum atomic E-state index is -0.0862. The van der Waals surface area contributed by atoms with E-state index in [1.807, 2.05) is 43.3 Å². The lowest BCUT2D eigenvalue weighted by Gasteiger charge is -2.15. The predicted octanol–water partition coefficient (Wildman–Crippen LogP) is 3.47. The van der Waals surface area contributed by atoms with Crippen LogP contribution in [-0.2, 0) is 11.2 Å². The third-order valence-corrected chi connectivity index (χ3v) is 3.50. The first-order valence-corrected chi connectivity index (χ1v) is 7.75. The van der Waals surface area contributed by atoms with Crippen LogP contribution in [0.5, 0.6) is 11.5 Å². The lowest BCUT2D eigenvalue weighted by molar-refractivity contribution is -0.121. The molecule has 0 heterocycles. The number of nitrogens with one attached hydrogen (secondary N) is 1. The Morgan fingerprint density at radius 1 is 1.09 bits per heavy atom. The van der Waals surface area contributed by atoms with Crippen molar-refractivity contribution < 1.29 is 14.3 Å². The average Bonchev–Trinajstić information content (AvgIpc) is 2.55. The highest BCUT2D eigenvalue weighted by molar-refractivity contribution is 6.30. The molecule has 0 aromatic heterocycles. The minimum Gasteiger partial charge on any atom is -0.497 e. The fourth-order valence-corrected chi connectivity index (χ4v) is 2.17. The largest absolute Gasteiger partial charge is 0.497 e. The first-order valence-electron chi connectivity index (χ1n) is 7.37. The molecule has 0 bridgehead atoms. The molecule has 2 rings (SSSR count). The molecule has 122 valence electrons. The Balaban J connectivity index is 1.75. The molecule has 2 aromatic carbocycles. The van der Waals surface area contributed by atoms with Gasteiger partial charge < -0.3 is 14.8 Å². The van der Waals surface area contributed by atoms with Gasteiger partial charge in [0.15, 0.2) is 0 Å². The van der Waals surface area contributed by atoms with Crippen molar-refractivity contribution in [2.45, 2.75) is 19.4 Å². The first-order chi connectivity index (χ1) is 11.1. The Morgan fingerprint density at radius 3 is 2.30 bits per heavy atom. The van der Waals surface area contributed by atoms with Crippen molar-refractivity contribution in [3.63, 3.8) is 0 Å². The predicted molar refractivity (Wildman–Crippen MR) is 91.2 cm³/mol. The van der Waals surface area contributed by atoms with Gasteiger partial charge in [-0.1, -0.05) is 23.7 Å². The van der Waals surface area contributed by atoms with Gasteiger partial charge in [-0.25, -0.2) is 0 Å². The summed E-state index contributed by atoms with van der Waals surface area (Å²) >= 11 is 5.83. The molecular weight excluding hydrogens is 314 g/mol. The van der Waals surface area contributed by atoms with E-state index in [0.29, 0.717) is 18.1 Å². The maximum atomic E-state index is 12.0. The molecule has 2 aromatic rings. The molecule has 1 unspecified atom stereocenters. The molecule has 0 saturated carbocycles. The number of hydrogen-bond donors (Lipinski definition) is 1. The lowest BCUT2D eigenvalue weighted by atomic mass is 10.1. The molecule has 5 heteroatoms. The van der Waals surface area contributed by atoms with Gasteiger partial charge in [-0.3, -0.25) is 4.79 Å². The number of carbonyl (C=O) groups excluding carboxylic acids is 1. The fourth-order valence-electron chi connectivity index (χ4n) is 2.05. The second kappa shape index (κ2) is 8.44. The van der Waals surface area contributed by atoms with Crippen LogP contribution in [0.1, 0.15) is 12.5 Å². The summed E-state index contributed by atoms with van der Waals surface area (Å²) in [5.74, 6) is 1.48. The number of amides is 1. The molecule has 0 aliphatic rings. The minimum absolute atomic E-state index is 0.0434. The van der Waals surface area contributed by atoms with Gasteiger partial charge in [-0.15, -0.1) is 0 Å². The van der Waals surface area contributed by atoms with Crippen molar-refractivity contribution >= 4 is 17.5 Å². The molecule has 1 N–H and O–H groups in total. The van der Waals surface area contributed by atoms with Gasteiger partial charge in [-0.05, 0) is 48.9 Å². The van der Waals surface area contributed by atoms with E-state index in [2.05, 4.69) is 5.32 Å². The Labute approximate surface area is 141 Å². The van der Waals surface area contributed by atoms with Crippen LogP contribution in [0.4, 0.5) is 0 Å². The number of methoxy groups -OCH3 is 1. The van der Waals surface area contributed by atoms with Crippen LogP contribution < -0.4 is 14.8 Å². The van der Waals surface area contributed by atoms with Crippen LogP contribution >= 0.6 is 11.6 Å². The second-order valence-electron chi connectivity index (χ2n) is 5.26. The third-order valence-electron chi connectivity index (χ3n) is 3.24. The average molecular weight is 334 g/mol. The van der Waals surface area contributed by atoms with E-state index in [1.165, 1.54) is 0 Å². The van der Waals surface area contributed by atoms with Crippen LogP contribution in [0.3, 0.4) is 0 Å². The van der Waals surface area contributed by atoms with E-state index >= 15 is 0 Å². The van der Waals surface area contributed by atoms with Crippen LogP contribution in [0.15, 0.2) is 48.5 Å². The number of rotatable bonds is 7. The molecule has 1 amide bonds. The molecule has 1 atom stereocenters. The summed E-state index contributed by atoms with van der Waals surface area (Å²) in [4.78, 5) is 12.0. The van der Waals surface area contributed by atoms with Gasteiger partial charge >= 0.3 is 0 Å². The Kier molecular flexibility index (Phi) is 6.29. The summed E-state index contributed by atoms with van der Waals surface area (Å²) in [6.07, 6.45) is 0.323. The number of carbonyl (C=O) groups is 1. The summed E-state index contributed by atoms with van der Waals surface area (Å²) in [6, 6.07) is 14.5. The number of hydrogen-bond acceptors (Lipinski definition) is 3. The highest BCUT2D eigenvalue weighted by atomic mass is 35.5. The topological polar surface area (TPSA) is 47.6 Å². The maximum Gasteiger partial charge on any atom is 0.224 e. The summed E-state index contributed by atoms with van der Waals surface area (Å²) in [6.45, 7) is 2.31. The molecule has 0 spiro atoms. The zero-order chi connectivity index (χ0) is 16.7. The number of benzene rings is 2. The quantitative estimate of drug-likeness (QED) is 0.844. The second-order valence-corrected chi connectivity index (χ2v) is 5.69. The monoisotopic (exact) mass is 333 g/mol. The summed E-state index contributed by atoms with van der Waals surface area (Å²) < 4.78 is 10.7. The van der Waals surface area contributed by atoms with E-state index in [-0.39, 0.29) is 11.9 Å². The van der Waals surface area contributed by atoms with E-state index in [0.717, 1.165) is 17.1 Å². The number of ether oxygens (including phenoxy) is 2. The van der Waals surface area contributed by atoms with Gasteiger partial charge in [0.25, 0.3) is 0 Å². The molecule has 0 radical (unpaired) electrons. The zero-order valence-corrected chi connectivity index (χ0v) is 14.0. The smallest absolute Gasteiger partial charge is 0.224 e. The van der Waals surface area contributed by atoms with Crippen LogP contribution in [-0.4, -0.2) is 25.7 Å². The Hall–Kier alpha value is -2.20. The maximum absolute atomic E-state index is 12.0. The lowest BCUT2D eigenvalue weighted by Crippen LogP contribution is -2.37. The first kappa shape index (κ1) is 17.2. The van der Waals surface area contributed by atoms with Gasteiger partial charge in [0.1, 0.15) is 18.1 Å². The highest BCUT2D eigenvalue weighted by Crippen LogP contribution is 2.17. The highest BCUT2D eigenvalue weighted by Gasteiger charge is 2.09. The number of halogens is 1. The van der Waals surface area contributed by atoms with Gasteiger partial charge in [0, 0.05) is 5.02 Å². The van der Waals surface area contributed by atoms with Crippen molar-refractivity contribution in [2.24, 2.45) is 0 Å². The summed E-state index contributed by atoms with van der Waals surface area (Å²) in [7, 11) is 1.62. The van der Waals surface area contributed by atoms with Crippen molar-refractivity contribution in [1.29, 1.82) is 0 Å². The summed E-state index contributed by atoms with van der Waals surface area (Å²) in [5, 5.41) is 3.58.